The Morgan fingerprint density at radius 2 is 1.65 bits per heavy atom. The van der Waals surface area contributed by atoms with Crippen molar-refractivity contribution in [2.24, 2.45) is 0 Å². The third-order valence-electron chi connectivity index (χ3n) is 4.12. The number of imidazole rings is 1. The van der Waals surface area contributed by atoms with Gasteiger partial charge in [-0.25, -0.2) is 4.98 Å². The molecule has 5 heteroatoms. The zero-order chi connectivity index (χ0) is 16.0. The summed E-state index contributed by atoms with van der Waals surface area (Å²) in [7, 11) is 3.26. The Morgan fingerprint density at radius 1 is 0.913 bits per heavy atom. The van der Waals surface area contributed by atoms with Crippen LogP contribution in [0.2, 0.25) is 0 Å². The summed E-state index contributed by atoms with van der Waals surface area (Å²) in [5.74, 6) is 2.20. The summed E-state index contributed by atoms with van der Waals surface area (Å²) in [4.78, 5) is 11.5. The van der Waals surface area contributed by atoms with Crippen molar-refractivity contribution in [1.82, 2.24) is 15.0 Å². The first-order valence-corrected chi connectivity index (χ1v) is 7.40. The van der Waals surface area contributed by atoms with Crippen molar-refractivity contribution in [1.29, 1.82) is 0 Å². The van der Waals surface area contributed by atoms with Gasteiger partial charge < -0.3 is 19.4 Å². The molecule has 0 unspecified atom stereocenters. The number of methoxy groups -OCH3 is 2. The van der Waals surface area contributed by atoms with E-state index in [0.29, 0.717) is 11.5 Å². The Morgan fingerprint density at radius 3 is 2.43 bits per heavy atom. The van der Waals surface area contributed by atoms with Gasteiger partial charge in [0.15, 0.2) is 11.5 Å². The number of ether oxygens (including phenoxy) is 2. The standard InChI is InChI=1S/C18H17N3O2/c1-10-17(11-6-4-5-7-12(11)19-10)18-20-13-8-15(22-2)16(23-3)9-14(13)21-18/h4-9,19H,1-3H3,(H,20,21). The van der Waals surface area contributed by atoms with Crippen LogP contribution in [-0.2, 0) is 0 Å². The molecule has 23 heavy (non-hydrogen) atoms. The summed E-state index contributed by atoms with van der Waals surface area (Å²) >= 11 is 0. The highest BCUT2D eigenvalue weighted by atomic mass is 16.5. The molecule has 2 heterocycles. The van der Waals surface area contributed by atoms with Crippen LogP contribution in [0.5, 0.6) is 11.5 Å². The number of benzene rings is 2. The van der Waals surface area contributed by atoms with Gasteiger partial charge >= 0.3 is 0 Å². The number of para-hydroxylation sites is 1. The first-order valence-electron chi connectivity index (χ1n) is 7.40. The summed E-state index contributed by atoms with van der Waals surface area (Å²) < 4.78 is 10.7. The van der Waals surface area contributed by atoms with Gasteiger partial charge in [-0.2, -0.15) is 0 Å². The molecule has 2 aromatic heterocycles. The molecule has 0 spiro atoms. The van der Waals surface area contributed by atoms with Gasteiger partial charge in [0.05, 0.1) is 25.3 Å². The summed E-state index contributed by atoms with van der Waals surface area (Å²) in [5, 5.41) is 1.16. The normalized spacial score (nSPS) is 11.3. The summed E-state index contributed by atoms with van der Waals surface area (Å²) in [6.45, 7) is 2.06. The number of hydrogen-bond donors (Lipinski definition) is 2. The van der Waals surface area contributed by atoms with E-state index >= 15 is 0 Å². The van der Waals surface area contributed by atoms with Gasteiger partial charge in [0.2, 0.25) is 0 Å². The molecule has 0 bridgehead atoms. The predicted octanol–water partition coefficient (Wildman–Crippen LogP) is 4.04. The maximum atomic E-state index is 5.36. The lowest BCUT2D eigenvalue weighted by atomic mass is 10.1. The summed E-state index contributed by atoms with van der Waals surface area (Å²) in [6.07, 6.45) is 0. The second-order valence-electron chi connectivity index (χ2n) is 5.48. The minimum Gasteiger partial charge on any atom is -0.493 e. The van der Waals surface area contributed by atoms with E-state index in [9.17, 15) is 0 Å². The molecule has 116 valence electrons. The van der Waals surface area contributed by atoms with Crippen LogP contribution in [0.3, 0.4) is 0 Å². The summed E-state index contributed by atoms with van der Waals surface area (Å²) in [5.41, 5.74) is 5.05. The van der Waals surface area contributed by atoms with Crippen LogP contribution in [0, 0.1) is 6.92 Å². The molecule has 0 aliphatic rings. The van der Waals surface area contributed by atoms with Crippen LogP contribution < -0.4 is 9.47 Å². The number of nitrogens with one attached hydrogen (secondary N) is 2. The Hall–Kier alpha value is -2.95. The van der Waals surface area contributed by atoms with Crippen LogP contribution in [0.1, 0.15) is 5.69 Å². The molecule has 0 fully saturated rings. The zero-order valence-corrected chi connectivity index (χ0v) is 13.2. The van der Waals surface area contributed by atoms with Gasteiger partial charge in [0, 0.05) is 34.3 Å². The van der Waals surface area contributed by atoms with Crippen LogP contribution in [-0.4, -0.2) is 29.2 Å². The number of rotatable bonds is 3. The van der Waals surface area contributed by atoms with E-state index in [0.717, 1.165) is 39.0 Å². The van der Waals surface area contributed by atoms with E-state index < -0.39 is 0 Å². The fourth-order valence-electron chi connectivity index (χ4n) is 3.04. The molecule has 4 aromatic rings. The van der Waals surface area contributed by atoms with Gasteiger partial charge in [0.25, 0.3) is 0 Å². The van der Waals surface area contributed by atoms with Crippen molar-refractivity contribution < 1.29 is 9.47 Å². The number of hydrogen-bond acceptors (Lipinski definition) is 3. The lowest BCUT2D eigenvalue weighted by Crippen LogP contribution is -1.89. The van der Waals surface area contributed by atoms with Crippen LogP contribution >= 0.6 is 0 Å². The highest BCUT2D eigenvalue weighted by molar-refractivity contribution is 5.97. The topological polar surface area (TPSA) is 62.9 Å². The smallest absolute Gasteiger partial charge is 0.163 e. The van der Waals surface area contributed by atoms with Gasteiger partial charge in [-0.05, 0) is 13.0 Å². The number of fused-ring (bicyclic) bond motifs is 2. The van der Waals surface area contributed by atoms with Gasteiger partial charge in [-0.3, -0.25) is 0 Å². The Balaban J connectivity index is 1.96. The third-order valence-corrected chi connectivity index (χ3v) is 4.12. The largest absolute Gasteiger partial charge is 0.493 e. The molecular formula is C18H17N3O2. The molecule has 2 aromatic carbocycles. The number of nitrogens with zero attached hydrogens (tertiary/aromatic N) is 1. The molecule has 0 saturated heterocycles. The molecule has 5 nitrogen and oxygen atoms in total. The third kappa shape index (κ3) is 2.04. The van der Waals surface area contributed by atoms with Crippen molar-refractivity contribution in [3.63, 3.8) is 0 Å². The number of aryl methyl sites for hydroxylation is 1. The lowest BCUT2D eigenvalue weighted by molar-refractivity contribution is 0.356. The molecule has 2 N–H and O–H groups in total. The van der Waals surface area contributed by atoms with Gasteiger partial charge in [-0.1, -0.05) is 18.2 Å². The van der Waals surface area contributed by atoms with Crippen LogP contribution in [0.15, 0.2) is 36.4 Å². The Kier molecular flexibility index (Phi) is 3.01. The van der Waals surface area contributed by atoms with Crippen LogP contribution in [0.4, 0.5) is 0 Å². The highest BCUT2D eigenvalue weighted by Gasteiger charge is 2.15. The lowest BCUT2D eigenvalue weighted by Gasteiger charge is -2.06. The molecular weight excluding hydrogens is 290 g/mol. The highest BCUT2D eigenvalue weighted by Crippen LogP contribution is 2.35. The number of aromatic nitrogens is 3. The first kappa shape index (κ1) is 13.7. The maximum Gasteiger partial charge on any atom is 0.163 e. The Labute approximate surface area is 133 Å². The number of aromatic amines is 2. The average molecular weight is 307 g/mol. The van der Waals surface area contributed by atoms with E-state index in [1.807, 2.05) is 24.3 Å². The molecule has 0 atom stereocenters. The molecule has 0 aliphatic heterocycles. The van der Waals surface area contributed by atoms with Gasteiger partial charge in [0.1, 0.15) is 5.82 Å². The van der Waals surface area contributed by atoms with E-state index in [1.54, 1.807) is 14.2 Å². The summed E-state index contributed by atoms with van der Waals surface area (Å²) in [6, 6.07) is 12.0. The molecule has 0 amide bonds. The SMILES string of the molecule is COc1cc2nc(-c3c(C)[nH]c4ccccc34)[nH]c2cc1OC. The van der Waals surface area contributed by atoms with Crippen molar-refractivity contribution in [3.8, 4) is 22.9 Å². The monoisotopic (exact) mass is 307 g/mol. The zero-order valence-electron chi connectivity index (χ0n) is 13.2. The predicted molar refractivity (Wildman–Crippen MR) is 91.2 cm³/mol. The van der Waals surface area contributed by atoms with Crippen molar-refractivity contribution >= 4 is 21.9 Å². The average Bonchev–Trinajstić information content (AvgIpc) is 3.11. The molecule has 0 aliphatic carbocycles. The maximum absolute atomic E-state index is 5.36. The Bertz CT molecular complexity index is 973. The fourth-order valence-corrected chi connectivity index (χ4v) is 3.04. The van der Waals surface area contributed by atoms with Gasteiger partial charge in [-0.15, -0.1) is 0 Å². The minimum atomic E-state index is 0.675. The van der Waals surface area contributed by atoms with E-state index in [1.165, 1.54) is 0 Å². The van der Waals surface area contributed by atoms with E-state index in [-0.39, 0.29) is 0 Å². The molecule has 4 rings (SSSR count). The van der Waals surface area contributed by atoms with Crippen LogP contribution in [0.25, 0.3) is 33.3 Å². The van der Waals surface area contributed by atoms with Crippen molar-refractivity contribution in [3.05, 3.63) is 42.1 Å². The van der Waals surface area contributed by atoms with Crippen molar-refractivity contribution in [2.75, 3.05) is 14.2 Å². The second kappa shape index (κ2) is 5.05. The number of H-pyrrole nitrogens is 2. The fraction of sp³-hybridized carbons (Fsp3) is 0.167. The molecule has 0 saturated carbocycles. The second-order valence-corrected chi connectivity index (χ2v) is 5.48. The first-order chi connectivity index (χ1) is 11.2. The van der Waals surface area contributed by atoms with E-state index in [2.05, 4.69) is 29.0 Å². The van der Waals surface area contributed by atoms with E-state index in [4.69, 9.17) is 14.5 Å². The quantitative estimate of drug-likeness (QED) is 0.600. The minimum absolute atomic E-state index is 0.675. The molecule has 0 radical (unpaired) electrons. The van der Waals surface area contributed by atoms with Crippen molar-refractivity contribution in [2.45, 2.75) is 6.92 Å².